The molecule has 0 aliphatic heterocycles. The number of benzene rings is 2. The van der Waals surface area contributed by atoms with Crippen LogP contribution < -0.4 is 5.32 Å². The standard InChI is InChI=1S/C17H12N4/c18-12-16-17(20-11-10-19-16)21-15-8-6-14(7-9-15)13-4-2-1-3-5-13/h1-11H,(H,20,21). The molecule has 0 saturated heterocycles. The average Bonchev–Trinajstić information content (AvgIpc) is 2.57. The number of anilines is 2. The third-order valence-electron chi connectivity index (χ3n) is 3.06. The van der Waals surface area contributed by atoms with Gasteiger partial charge in [0.15, 0.2) is 11.5 Å². The van der Waals surface area contributed by atoms with Crippen molar-refractivity contribution in [2.24, 2.45) is 0 Å². The lowest BCUT2D eigenvalue weighted by molar-refractivity contribution is 1.16. The van der Waals surface area contributed by atoms with E-state index in [4.69, 9.17) is 5.26 Å². The molecule has 0 unspecified atom stereocenters. The molecule has 1 N–H and O–H groups in total. The number of nitrogens with zero attached hydrogens (tertiary/aromatic N) is 3. The molecule has 0 atom stereocenters. The summed E-state index contributed by atoms with van der Waals surface area (Å²) in [6.45, 7) is 0. The summed E-state index contributed by atoms with van der Waals surface area (Å²) in [7, 11) is 0. The Bertz CT molecular complexity index is 774. The van der Waals surface area contributed by atoms with Crippen LogP contribution in [0, 0.1) is 11.3 Å². The molecular weight excluding hydrogens is 260 g/mol. The molecule has 0 spiro atoms. The fraction of sp³-hybridized carbons (Fsp3) is 0. The van der Waals surface area contributed by atoms with E-state index >= 15 is 0 Å². The maximum Gasteiger partial charge on any atom is 0.183 e. The highest BCUT2D eigenvalue weighted by molar-refractivity contribution is 5.68. The first-order valence-corrected chi connectivity index (χ1v) is 6.50. The number of nitrogens with one attached hydrogen (secondary N) is 1. The number of rotatable bonds is 3. The van der Waals surface area contributed by atoms with Crippen LogP contribution in [0.25, 0.3) is 11.1 Å². The molecule has 21 heavy (non-hydrogen) atoms. The Morgan fingerprint density at radius 1 is 0.810 bits per heavy atom. The molecule has 2 aromatic carbocycles. The zero-order valence-corrected chi connectivity index (χ0v) is 11.2. The quantitative estimate of drug-likeness (QED) is 0.788. The van der Waals surface area contributed by atoms with E-state index in [0.29, 0.717) is 5.82 Å². The monoisotopic (exact) mass is 272 g/mol. The molecule has 4 heteroatoms. The van der Waals surface area contributed by atoms with E-state index in [1.54, 1.807) is 6.20 Å². The number of aromatic nitrogens is 2. The minimum absolute atomic E-state index is 0.282. The summed E-state index contributed by atoms with van der Waals surface area (Å²) in [5, 5.41) is 12.1. The Hall–Kier alpha value is -3.19. The summed E-state index contributed by atoms with van der Waals surface area (Å²) in [6, 6.07) is 20.1. The van der Waals surface area contributed by atoms with Crippen LogP contribution in [0.2, 0.25) is 0 Å². The molecule has 100 valence electrons. The molecule has 0 aliphatic rings. The lowest BCUT2D eigenvalue weighted by Gasteiger charge is -2.07. The van der Waals surface area contributed by atoms with Gasteiger partial charge in [-0.15, -0.1) is 0 Å². The first-order valence-electron chi connectivity index (χ1n) is 6.50. The summed E-state index contributed by atoms with van der Waals surface area (Å²) in [5.41, 5.74) is 3.46. The van der Waals surface area contributed by atoms with Gasteiger partial charge in [-0.1, -0.05) is 42.5 Å². The smallest absolute Gasteiger partial charge is 0.183 e. The molecule has 3 rings (SSSR count). The van der Waals surface area contributed by atoms with Crippen LogP contribution in [0.4, 0.5) is 11.5 Å². The molecule has 0 aliphatic carbocycles. The van der Waals surface area contributed by atoms with Crippen molar-refractivity contribution in [2.45, 2.75) is 0 Å². The molecule has 4 nitrogen and oxygen atoms in total. The van der Waals surface area contributed by atoms with Gasteiger partial charge in [-0.2, -0.15) is 5.26 Å². The molecule has 0 bridgehead atoms. The fourth-order valence-electron chi connectivity index (χ4n) is 2.02. The minimum atomic E-state index is 0.282. The van der Waals surface area contributed by atoms with Gasteiger partial charge in [0.1, 0.15) is 6.07 Å². The first kappa shape index (κ1) is 12.8. The summed E-state index contributed by atoms with van der Waals surface area (Å²) < 4.78 is 0. The second-order valence-corrected chi connectivity index (χ2v) is 4.43. The Balaban J connectivity index is 1.84. The summed E-state index contributed by atoms with van der Waals surface area (Å²) in [6.07, 6.45) is 3.06. The van der Waals surface area contributed by atoms with Gasteiger partial charge in [0, 0.05) is 18.1 Å². The zero-order chi connectivity index (χ0) is 14.5. The van der Waals surface area contributed by atoms with Crippen molar-refractivity contribution in [3.05, 3.63) is 72.7 Å². The van der Waals surface area contributed by atoms with E-state index in [1.807, 2.05) is 48.5 Å². The van der Waals surface area contributed by atoms with Crippen LogP contribution in [0.3, 0.4) is 0 Å². The Kier molecular flexibility index (Phi) is 3.57. The molecule has 0 radical (unpaired) electrons. The first-order chi connectivity index (χ1) is 10.4. The van der Waals surface area contributed by atoms with Gasteiger partial charge in [0.05, 0.1) is 0 Å². The van der Waals surface area contributed by atoms with Crippen molar-refractivity contribution in [1.29, 1.82) is 5.26 Å². The van der Waals surface area contributed by atoms with Crippen molar-refractivity contribution in [3.8, 4) is 17.2 Å². The fourth-order valence-corrected chi connectivity index (χ4v) is 2.02. The Morgan fingerprint density at radius 3 is 2.19 bits per heavy atom. The van der Waals surface area contributed by atoms with Crippen molar-refractivity contribution >= 4 is 11.5 Å². The maximum atomic E-state index is 9.00. The van der Waals surface area contributed by atoms with Crippen LogP contribution in [-0.4, -0.2) is 9.97 Å². The SMILES string of the molecule is N#Cc1nccnc1Nc1ccc(-c2ccccc2)cc1. The Morgan fingerprint density at radius 2 is 1.48 bits per heavy atom. The van der Waals surface area contributed by atoms with Gasteiger partial charge in [-0.25, -0.2) is 9.97 Å². The van der Waals surface area contributed by atoms with E-state index in [1.165, 1.54) is 11.8 Å². The van der Waals surface area contributed by atoms with E-state index < -0.39 is 0 Å². The van der Waals surface area contributed by atoms with Crippen molar-refractivity contribution < 1.29 is 0 Å². The van der Waals surface area contributed by atoms with Crippen LogP contribution in [0.5, 0.6) is 0 Å². The van der Waals surface area contributed by atoms with E-state index in [0.717, 1.165) is 11.3 Å². The molecule has 0 amide bonds. The highest BCUT2D eigenvalue weighted by Gasteiger charge is 2.04. The molecule has 1 aromatic heterocycles. The van der Waals surface area contributed by atoms with Crippen molar-refractivity contribution in [1.82, 2.24) is 9.97 Å². The van der Waals surface area contributed by atoms with Crippen LogP contribution in [-0.2, 0) is 0 Å². The molecule has 1 heterocycles. The lowest BCUT2D eigenvalue weighted by Crippen LogP contribution is -1.98. The summed E-state index contributed by atoms with van der Waals surface area (Å²) in [5.74, 6) is 0.465. The number of nitriles is 1. The number of hydrogen-bond donors (Lipinski definition) is 1. The van der Waals surface area contributed by atoms with Crippen LogP contribution in [0.1, 0.15) is 5.69 Å². The number of hydrogen-bond acceptors (Lipinski definition) is 4. The maximum absolute atomic E-state index is 9.00. The van der Waals surface area contributed by atoms with Crippen LogP contribution in [0.15, 0.2) is 67.0 Å². The third-order valence-corrected chi connectivity index (χ3v) is 3.06. The molecule has 3 aromatic rings. The highest BCUT2D eigenvalue weighted by atomic mass is 15.0. The van der Waals surface area contributed by atoms with Gasteiger partial charge >= 0.3 is 0 Å². The summed E-state index contributed by atoms with van der Waals surface area (Å²) >= 11 is 0. The second-order valence-electron chi connectivity index (χ2n) is 4.43. The lowest BCUT2D eigenvalue weighted by atomic mass is 10.1. The van der Waals surface area contributed by atoms with E-state index in [-0.39, 0.29) is 5.69 Å². The topological polar surface area (TPSA) is 61.6 Å². The van der Waals surface area contributed by atoms with Gasteiger partial charge in [-0.05, 0) is 23.3 Å². The van der Waals surface area contributed by atoms with E-state index in [9.17, 15) is 0 Å². The van der Waals surface area contributed by atoms with Gasteiger partial charge < -0.3 is 5.32 Å². The van der Waals surface area contributed by atoms with Gasteiger partial charge in [-0.3, -0.25) is 0 Å². The summed E-state index contributed by atoms with van der Waals surface area (Å²) in [4.78, 5) is 8.10. The Labute approximate surface area is 122 Å². The predicted octanol–water partition coefficient (Wildman–Crippen LogP) is 3.76. The molecule has 0 fully saturated rings. The minimum Gasteiger partial charge on any atom is -0.338 e. The van der Waals surface area contributed by atoms with Crippen molar-refractivity contribution in [2.75, 3.05) is 5.32 Å². The van der Waals surface area contributed by atoms with Crippen LogP contribution >= 0.6 is 0 Å². The van der Waals surface area contributed by atoms with E-state index in [2.05, 4.69) is 27.4 Å². The normalized spacial score (nSPS) is 9.86. The molecular formula is C17H12N4. The average molecular weight is 272 g/mol. The largest absolute Gasteiger partial charge is 0.338 e. The van der Waals surface area contributed by atoms with Gasteiger partial charge in [0.2, 0.25) is 0 Å². The van der Waals surface area contributed by atoms with Gasteiger partial charge in [0.25, 0.3) is 0 Å². The van der Waals surface area contributed by atoms with Crippen molar-refractivity contribution in [3.63, 3.8) is 0 Å². The second kappa shape index (κ2) is 5.85. The predicted molar refractivity (Wildman–Crippen MR) is 81.9 cm³/mol. The zero-order valence-electron chi connectivity index (χ0n) is 11.2. The third kappa shape index (κ3) is 2.88. The molecule has 0 saturated carbocycles. The highest BCUT2D eigenvalue weighted by Crippen LogP contribution is 2.23.